The molecule has 1 aliphatic heterocycles. The van der Waals surface area contributed by atoms with Crippen LogP contribution >= 0.6 is 0 Å². The average Bonchev–Trinajstić information content (AvgIpc) is 3.24. The minimum atomic E-state index is -0.845. The number of aryl methyl sites for hydroxylation is 1. The van der Waals surface area contributed by atoms with Crippen LogP contribution in [0.3, 0.4) is 0 Å². The molecule has 9 heteroatoms. The second kappa shape index (κ2) is 10.7. The van der Waals surface area contributed by atoms with Crippen molar-refractivity contribution >= 4 is 23.6 Å². The molecule has 0 fully saturated rings. The summed E-state index contributed by atoms with van der Waals surface area (Å²) in [4.78, 5) is 54.1. The van der Waals surface area contributed by atoms with Gasteiger partial charge in [-0.15, -0.1) is 0 Å². The van der Waals surface area contributed by atoms with Gasteiger partial charge in [-0.3, -0.25) is 14.4 Å². The summed E-state index contributed by atoms with van der Waals surface area (Å²) in [5.74, 6) is -2.21. The number of hydrogen-bond donors (Lipinski definition) is 2. The monoisotopic (exact) mass is 441 g/mol. The Kier molecular flexibility index (Phi) is 7.75. The van der Waals surface area contributed by atoms with E-state index in [1.165, 1.54) is 6.39 Å². The van der Waals surface area contributed by atoms with Gasteiger partial charge in [0.2, 0.25) is 5.78 Å². The molecule has 0 aliphatic carbocycles. The van der Waals surface area contributed by atoms with Gasteiger partial charge in [0.25, 0.3) is 5.91 Å². The Bertz CT molecular complexity index is 969. The molecule has 0 saturated heterocycles. The van der Waals surface area contributed by atoms with Crippen LogP contribution in [0.4, 0.5) is 4.79 Å². The molecule has 170 valence electrons. The molecule has 0 bridgehead atoms. The van der Waals surface area contributed by atoms with E-state index in [4.69, 9.17) is 9.15 Å². The van der Waals surface area contributed by atoms with Crippen molar-refractivity contribution in [2.45, 2.75) is 52.3 Å². The van der Waals surface area contributed by atoms with Crippen molar-refractivity contribution in [2.75, 3.05) is 0 Å². The third kappa shape index (κ3) is 6.03. The maximum atomic E-state index is 13.0. The molecule has 2 N–H and O–H groups in total. The zero-order chi connectivity index (χ0) is 23.1. The van der Waals surface area contributed by atoms with Crippen LogP contribution in [0.2, 0.25) is 0 Å². The Balaban J connectivity index is 1.62. The molecule has 1 aliphatic rings. The Morgan fingerprint density at radius 1 is 1.25 bits per heavy atom. The van der Waals surface area contributed by atoms with Gasteiger partial charge in [-0.1, -0.05) is 44.2 Å². The van der Waals surface area contributed by atoms with Crippen molar-refractivity contribution < 1.29 is 28.3 Å². The number of benzene rings is 1. The van der Waals surface area contributed by atoms with Crippen molar-refractivity contribution in [1.29, 1.82) is 0 Å². The van der Waals surface area contributed by atoms with Crippen LogP contribution in [0.25, 0.3) is 0 Å². The van der Waals surface area contributed by atoms with Crippen LogP contribution in [0.1, 0.15) is 43.7 Å². The number of carbonyl (C=O) groups excluding carboxylic acids is 4. The highest BCUT2D eigenvalue weighted by atomic mass is 16.5. The molecule has 2 amide bonds. The van der Waals surface area contributed by atoms with E-state index < -0.39 is 29.7 Å². The number of hydrogen-bond acceptors (Lipinski definition) is 7. The number of alkyl carbamates (subject to hydrolysis) is 1. The number of fused-ring (bicyclic) bond motifs is 1. The number of nitrogens with one attached hydrogen (secondary N) is 2. The van der Waals surface area contributed by atoms with Gasteiger partial charge in [-0.05, 0) is 17.9 Å². The smallest absolute Gasteiger partial charge is 0.408 e. The molecule has 32 heavy (non-hydrogen) atoms. The van der Waals surface area contributed by atoms with E-state index in [0.29, 0.717) is 17.9 Å². The summed E-state index contributed by atoms with van der Waals surface area (Å²) in [6.45, 7) is 3.75. The number of carbonyl (C=O) groups is 4. The zero-order valence-corrected chi connectivity index (χ0v) is 18.1. The van der Waals surface area contributed by atoms with Gasteiger partial charge in [0.15, 0.2) is 12.2 Å². The standard InChI is InChI=1S/C23H27N3O6/c1-14(2)20(26-23(30)31-12-15-6-4-3-5-7-15)18(27)10-16-8-9-19-17(25-13-32-19)11-24-22(29)21(16)28/h3-7,13-14,16,20H,8-12H2,1-2H3,(H,24,29)(H,26,30). The second-order valence-electron chi connectivity index (χ2n) is 8.10. The highest BCUT2D eigenvalue weighted by molar-refractivity contribution is 6.37. The quantitative estimate of drug-likeness (QED) is 0.631. The Labute approximate surface area is 185 Å². The van der Waals surface area contributed by atoms with Gasteiger partial charge in [0.05, 0.1) is 12.6 Å². The Hall–Kier alpha value is -3.49. The molecule has 1 aromatic heterocycles. The molecule has 9 nitrogen and oxygen atoms in total. The van der Waals surface area contributed by atoms with E-state index in [-0.39, 0.29) is 37.7 Å². The number of aromatic nitrogens is 1. The first kappa shape index (κ1) is 23.2. The summed E-state index contributed by atoms with van der Waals surface area (Å²) in [5, 5.41) is 5.13. The predicted octanol–water partition coefficient (Wildman–Crippen LogP) is 2.33. The number of amides is 2. The second-order valence-corrected chi connectivity index (χ2v) is 8.10. The highest BCUT2D eigenvalue weighted by Gasteiger charge is 2.33. The molecule has 2 atom stereocenters. The molecule has 2 aromatic rings. The van der Waals surface area contributed by atoms with Crippen molar-refractivity contribution in [3.63, 3.8) is 0 Å². The molecule has 0 spiro atoms. The van der Waals surface area contributed by atoms with E-state index in [0.717, 1.165) is 5.56 Å². The molecule has 0 radical (unpaired) electrons. The summed E-state index contributed by atoms with van der Waals surface area (Å²) in [7, 11) is 0. The van der Waals surface area contributed by atoms with Crippen LogP contribution in [0.5, 0.6) is 0 Å². The minimum absolute atomic E-state index is 0.0759. The van der Waals surface area contributed by atoms with E-state index >= 15 is 0 Å². The lowest BCUT2D eigenvalue weighted by molar-refractivity contribution is -0.141. The van der Waals surface area contributed by atoms with Gasteiger partial charge < -0.3 is 19.8 Å². The topological polar surface area (TPSA) is 128 Å². The fourth-order valence-corrected chi connectivity index (χ4v) is 3.59. The van der Waals surface area contributed by atoms with Crippen LogP contribution in [-0.2, 0) is 38.7 Å². The summed E-state index contributed by atoms with van der Waals surface area (Å²) in [6, 6.07) is 8.34. The molecule has 0 saturated carbocycles. The van der Waals surface area contributed by atoms with E-state index in [1.807, 2.05) is 30.3 Å². The van der Waals surface area contributed by atoms with Gasteiger partial charge in [-0.25, -0.2) is 9.78 Å². The van der Waals surface area contributed by atoms with Gasteiger partial charge in [0, 0.05) is 18.8 Å². The van der Waals surface area contributed by atoms with Gasteiger partial charge >= 0.3 is 6.09 Å². The minimum Gasteiger partial charge on any atom is -0.448 e. The third-order valence-corrected chi connectivity index (χ3v) is 5.40. The maximum absolute atomic E-state index is 13.0. The first-order chi connectivity index (χ1) is 15.3. The summed E-state index contributed by atoms with van der Waals surface area (Å²) >= 11 is 0. The third-order valence-electron chi connectivity index (χ3n) is 5.40. The fraction of sp³-hybridized carbons (Fsp3) is 0.435. The van der Waals surface area contributed by atoms with Crippen molar-refractivity contribution in [3.05, 3.63) is 53.7 Å². The van der Waals surface area contributed by atoms with E-state index in [1.54, 1.807) is 13.8 Å². The molecular formula is C23H27N3O6. The molecular weight excluding hydrogens is 414 g/mol. The number of Topliss-reactive ketones (excluding diaryl/α,β-unsaturated/α-hetero) is 2. The largest absolute Gasteiger partial charge is 0.448 e. The number of rotatable bonds is 7. The molecule has 3 rings (SSSR count). The number of nitrogens with zero attached hydrogens (tertiary/aromatic N) is 1. The normalized spacial score (nSPS) is 17.4. The molecule has 2 heterocycles. The average molecular weight is 441 g/mol. The SMILES string of the molecule is CC(C)C(NC(=O)OCc1ccccc1)C(=O)CC1CCc2ocnc2CNC(=O)C1=O. The number of ketones is 2. The summed E-state index contributed by atoms with van der Waals surface area (Å²) in [5.41, 5.74) is 1.39. The first-order valence-electron chi connectivity index (χ1n) is 10.6. The van der Waals surface area contributed by atoms with Crippen LogP contribution in [0.15, 0.2) is 41.1 Å². The lowest BCUT2D eigenvalue weighted by atomic mass is 9.87. The predicted molar refractivity (Wildman–Crippen MR) is 113 cm³/mol. The van der Waals surface area contributed by atoms with Crippen LogP contribution in [-0.4, -0.2) is 34.6 Å². The van der Waals surface area contributed by atoms with Gasteiger partial charge in [-0.2, -0.15) is 0 Å². The van der Waals surface area contributed by atoms with Crippen LogP contribution < -0.4 is 10.6 Å². The van der Waals surface area contributed by atoms with E-state index in [2.05, 4.69) is 15.6 Å². The van der Waals surface area contributed by atoms with Crippen molar-refractivity contribution in [3.8, 4) is 0 Å². The Morgan fingerprint density at radius 3 is 2.72 bits per heavy atom. The maximum Gasteiger partial charge on any atom is 0.408 e. The summed E-state index contributed by atoms with van der Waals surface area (Å²) in [6.07, 6.45) is 1.05. The fourth-order valence-electron chi connectivity index (χ4n) is 3.59. The summed E-state index contributed by atoms with van der Waals surface area (Å²) < 4.78 is 10.6. The van der Waals surface area contributed by atoms with Gasteiger partial charge in [0.1, 0.15) is 18.1 Å². The zero-order valence-electron chi connectivity index (χ0n) is 18.1. The lowest BCUT2D eigenvalue weighted by Crippen LogP contribution is -2.46. The number of oxazole rings is 1. The van der Waals surface area contributed by atoms with E-state index in [9.17, 15) is 19.2 Å². The molecule has 1 aromatic carbocycles. The van der Waals surface area contributed by atoms with Crippen molar-refractivity contribution in [2.24, 2.45) is 11.8 Å². The van der Waals surface area contributed by atoms with Crippen molar-refractivity contribution in [1.82, 2.24) is 15.6 Å². The molecule has 2 unspecified atom stereocenters. The lowest BCUT2D eigenvalue weighted by Gasteiger charge is -2.23. The van der Waals surface area contributed by atoms with Crippen LogP contribution in [0, 0.1) is 11.8 Å². The first-order valence-corrected chi connectivity index (χ1v) is 10.6. The highest BCUT2D eigenvalue weighted by Crippen LogP contribution is 2.21. The Morgan fingerprint density at radius 2 is 2.00 bits per heavy atom. The number of ether oxygens (including phenoxy) is 1.